The third kappa shape index (κ3) is 5.52. The molecule has 0 heterocycles. The quantitative estimate of drug-likeness (QED) is 0.495. The van der Waals surface area contributed by atoms with Gasteiger partial charge in [-0.05, 0) is 61.0 Å². The number of carbonyl (C=O) groups is 2. The van der Waals surface area contributed by atoms with Crippen LogP contribution in [0.2, 0.25) is 0 Å². The molecular formula is C23H21N3O3. The topological polar surface area (TPSA) is 79.8 Å². The number of hydrogen-bond donors (Lipinski definition) is 2. The number of carbonyl (C=O) groups excluding carboxylic acids is 2. The summed E-state index contributed by atoms with van der Waals surface area (Å²) in [7, 11) is 1.57. The maximum absolute atomic E-state index is 12.3. The molecule has 29 heavy (non-hydrogen) atoms. The van der Waals surface area contributed by atoms with Crippen molar-refractivity contribution in [3.05, 3.63) is 95.1 Å². The number of amides is 2. The van der Waals surface area contributed by atoms with E-state index >= 15 is 0 Å². The van der Waals surface area contributed by atoms with E-state index in [1.807, 2.05) is 31.2 Å². The molecule has 6 nitrogen and oxygen atoms in total. The first-order valence-electron chi connectivity index (χ1n) is 9.01. The molecule has 0 aliphatic heterocycles. The average Bonchev–Trinajstić information content (AvgIpc) is 2.75. The fourth-order valence-electron chi connectivity index (χ4n) is 2.53. The molecule has 0 spiro atoms. The molecular weight excluding hydrogens is 366 g/mol. The molecule has 0 aliphatic rings. The van der Waals surface area contributed by atoms with E-state index in [2.05, 4.69) is 15.8 Å². The van der Waals surface area contributed by atoms with Crippen molar-refractivity contribution in [1.82, 2.24) is 5.43 Å². The van der Waals surface area contributed by atoms with Crippen molar-refractivity contribution in [3.8, 4) is 5.75 Å². The molecule has 0 radical (unpaired) electrons. The summed E-state index contributed by atoms with van der Waals surface area (Å²) >= 11 is 0. The second-order valence-corrected chi connectivity index (χ2v) is 6.37. The SMILES string of the molecule is COc1ccc(C(=O)Nc2ccc(C(=O)N/N=C/c3ccc(C)cc3)cc2)cc1. The Labute approximate surface area is 169 Å². The molecule has 0 atom stereocenters. The zero-order valence-corrected chi connectivity index (χ0v) is 16.2. The van der Waals surface area contributed by atoms with E-state index in [4.69, 9.17) is 4.74 Å². The molecule has 0 aliphatic carbocycles. The van der Waals surface area contributed by atoms with E-state index in [0.717, 1.165) is 11.1 Å². The molecule has 3 aromatic carbocycles. The van der Waals surface area contributed by atoms with Gasteiger partial charge in [0.2, 0.25) is 0 Å². The Bertz CT molecular complexity index is 1010. The average molecular weight is 387 g/mol. The Kier molecular flexibility index (Phi) is 6.37. The van der Waals surface area contributed by atoms with Gasteiger partial charge in [0, 0.05) is 16.8 Å². The summed E-state index contributed by atoms with van der Waals surface area (Å²) in [6, 6.07) is 21.2. The van der Waals surface area contributed by atoms with E-state index in [-0.39, 0.29) is 11.8 Å². The summed E-state index contributed by atoms with van der Waals surface area (Å²) in [6.45, 7) is 2.01. The molecule has 0 bridgehead atoms. The summed E-state index contributed by atoms with van der Waals surface area (Å²) in [5.41, 5.74) is 6.08. The van der Waals surface area contributed by atoms with Crippen molar-refractivity contribution in [1.29, 1.82) is 0 Å². The Hall–Kier alpha value is -3.93. The van der Waals surface area contributed by atoms with Gasteiger partial charge in [-0.3, -0.25) is 9.59 Å². The lowest BCUT2D eigenvalue weighted by atomic mass is 10.1. The van der Waals surface area contributed by atoms with Crippen LogP contribution in [0.1, 0.15) is 31.8 Å². The third-order valence-corrected chi connectivity index (χ3v) is 4.21. The number of aryl methyl sites for hydroxylation is 1. The third-order valence-electron chi connectivity index (χ3n) is 4.21. The Balaban J connectivity index is 1.56. The van der Waals surface area contributed by atoms with Gasteiger partial charge in [0.25, 0.3) is 11.8 Å². The van der Waals surface area contributed by atoms with E-state index in [9.17, 15) is 9.59 Å². The van der Waals surface area contributed by atoms with E-state index in [0.29, 0.717) is 22.6 Å². The predicted molar refractivity (Wildman–Crippen MR) is 114 cm³/mol. The Morgan fingerprint density at radius 2 is 1.41 bits per heavy atom. The number of nitrogens with one attached hydrogen (secondary N) is 2. The summed E-state index contributed by atoms with van der Waals surface area (Å²) in [5.74, 6) is 0.107. The minimum atomic E-state index is -0.332. The number of hydrogen-bond acceptors (Lipinski definition) is 4. The Morgan fingerprint density at radius 3 is 2.03 bits per heavy atom. The van der Waals surface area contributed by atoms with Crippen LogP contribution in [0, 0.1) is 6.92 Å². The van der Waals surface area contributed by atoms with Gasteiger partial charge >= 0.3 is 0 Å². The highest BCUT2D eigenvalue weighted by Gasteiger charge is 2.08. The second kappa shape index (κ2) is 9.32. The smallest absolute Gasteiger partial charge is 0.271 e. The van der Waals surface area contributed by atoms with E-state index < -0.39 is 0 Å². The minimum absolute atomic E-state index is 0.243. The zero-order valence-electron chi connectivity index (χ0n) is 16.2. The zero-order chi connectivity index (χ0) is 20.6. The van der Waals surface area contributed by atoms with Crippen molar-refractivity contribution < 1.29 is 14.3 Å². The lowest BCUT2D eigenvalue weighted by molar-refractivity contribution is 0.0954. The highest BCUT2D eigenvalue weighted by Crippen LogP contribution is 2.14. The van der Waals surface area contributed by atoms with Gasteiger partial charge in [0.15, 0.2) is 0 Å². The van der Waals surface area contributed by atoms with Gasteiger partial charge < -0.3 is 10.1 Å². The van der Waals surface area contributed by atoms with Crippen LogP contribution in [0.3, 0.4) is 0 Å². The van der Waals surface area contributed by atoms with Gasteiger partial charge in [-0.15, -0.1) is 0 Å². The van der Waals surface area contributed by atoms with Crippen LogP contribution in [0.4, 0.5) is 5.69 Å². The van der Waals surface area contributed by atoms with Crippen LogP contribution in [0.15, 0.2) is 77.9 Å². The minimum Gasteiger partial charge on any atom is -0.497 e. The van der Waals surface area contributed by atoms with Crippen molar-refractivity contribution in [2.75, 3.05) is 12.4 Å². The first kappa shape index (κ1) is 19.8. The van der Waals surface area contributed by atoms with Crippen molar-refractivity contribution >= 4 is 23.7 Å². The number of rotatable bonds is 6. The van der Waals surface area contributed by atoms with Gasteiger partial charge in [-0.2, -0.15) is 5.10 Å². The van der Waals surface area contributed by atoms with Crippen LogP contribution in [-0.2, 0) is 0 Å². The van der Waals surface area contributed by atoms with Crippen molar-refractivity contribution in [3.63, 3.8) is 0 Å². The first-order valence-corrected chi connectivity index (χ1v) is 9.01. The fourth-order valence-corrected chi connectivity index (χ4v) is 2.53. The summed E-state index contributed by atoms with van der Waals surface area (Å²) in [6.07, 6.45) is 1.58. The molecule has 0 aromatic heterocycles. The van der Waals surface area contributed by atoms with Gasteiger partial charge in [-0.1, -0.05) is 29.8 Å². The van der Waals surface area contributed by atoms with Crippen LogP contribution >= 0.6 is 0 Å². The molecule has 2 N–H and O–H groups in total. The molecule has 3 aromatic rings. The summed E-state index contributed by atoms with van der Waals surface area (Å²) in [5, 5.41) is 6.76. The van der Waals surface area contributed by atoms with Gasteiger partial charge in [-0.25, -0.2) is 5.43 Å². The van der Waals surface area contributed by atoms with Crippen LogP contribution in [-0.4, -0.2) is 25.1 Å². The molecule has 3 rings (SSSR count). The number of benzene rings is 3. The standard InChI is InChI=1S/C23H21N3O3/c1-16-3-5-17(6-4-16)15-24-26-23(28)19-7-11-20(12-8-19)25-22(27)18-9-13-21(29-2)14-10-18/h3-15H,1-2H3,(H,25,27)(H,26,28)/b24-15+. The molecule has 6 heteroatoms. The Morgan fingerprint density at radius 1 is 0.828 bits per heavy atom. The van der Waals surface area contributed by atoms with Crippen LogP contribution in [0.25, 0.3) is 0 Å². The normalized spacial score (nSPS) is 10.6. The number of anilines is 1. The fraction of sp³-hybridized carbons (Fsp3) is 0.0870. The lowest BCUT2D eigenvalue weighted by Crippen LogP contribution is -2.17. The second-order valence-electron chi connectivity index (χ2n) is 6.37. The highest BCUT2D eigenvalue weighted by atomic mass is 16.5. The summed E-state index contributed by atoms with van der Waals surface area (Å²) < 4.78 is 5.08. The highest BCUT2D eigenvalue weighted by molar-refractivity contribution is 6.04. The molecule has 2 amide bonds. The van der Waals surface area contributed by atoms with Crippen molar-refractivity contribution in [2.45, 2.75) is 6.92 Å². The molecule has 0 fully saturated rings. The van der Waals surface area contributed by atoms with Gasteiger partial charge in [0.05, 0.1) is 13.3 Å². The van der Waals surface area contributed by atoms with E-state index in [1.54, 1.807) is 61.9 Å². The molecule has 0 saturated carbocycles. The molecule has 0 saturated heterocycles. The first-order chi connectivity index (χ1) is 14.0. The van der Waals surface area contributed by atoms with Crippen LogP contribution in [0.5, 0.6) is 5.75 Å². The molecule has 0 unspecified atom stereocenters. The lowest BCUT2D eigenvalue weighted by Gasteiger charge is -2.07. The largest absolute Gasteiger partial charge is 0.497 e. The van der Waals surface area contributed by atoms with Gasteiger partial charge in [0.1, 0.15) is 5.75 Å². The maximum atomic E-state index is 12.3. The number of nitrogens with zero attached hydrogens (tertiary/aromatic N) is 1. The van der Waals surface area contributed by atoms with Crippen molar-refractivity contribution in [2.24, 2.45) is 5.10 Å². The molecule has 146 valence electrons. The maximum Gasteiger partial charge on any atom is 0.271 e. The van der Waals surface area contributed by atoms with E-state index in [1.165, 1.54) is 0 Å². The number of hydrazone groups is 1. The number of ether oxygens (including phenoxy) is 1. The monoisotopic (exact) mass is 387 g/mol. The van der Waals surface area contributed by atoms with Crippen LogP contribution < -0.4 is 15.5 Å². The predicted octanol–water partition coefficient (Wildman–Crippen LogP) is 4.02. The summed E-state index contributed by atoms with van der Waals surface area (Å²) in [4.78, 5) is 24.5. The number of methoxy groups -OCH3 is 1.